The molecule has 3 nitrogen and oxygen atoms in total. The molecule has 0 saturated heterocycles. The Morgan fingerprint density at radius 2 is 1.59 bits per heavy atom. The number of hydrogen-bond donors (Lipinski definition) is 1. The fourth-order valence-corrected chi connectivity index (χ4v) is 2.60. The van der Waals surface area contributed by atoms with Crippen LogP contribution in [0.2, 0.25) is 5.02 Å². The number of amides is 2. The summed E-state index contributed by atoms with van der Waals surface area (Å²) < 4.78 is 39.5. The summed E-state index contributed by atoms with van der Waals surface area (Å²) in [7, 11) is 0. The van der Waals surface area contributed by atoms with Gasteiger partial charge in [0.15, 0.2) is 0 Å². The number of benzene rings is 2. The molecule has 3 rings (SSSR count). The van der Waals surface area contributed by atoms with E-state index in [4.69, 9.17) is 11.6 Å². The van der Waals surface area contributed by atoms with E-state index in [2.05, 4.69) is 5.32 Å². The van der Waals surface area contributed by atoms with Crippen molar-refractivity contribution in [1.82, 2.24) is 5.32 Å². The molecule has 112 valence electrons. The highest BCUT2D eigenvalue weighted by atomic mass is 35.5. The first-order valence-electron chi connectivity index (χ1n) is 6.15. The number of alkyl halides is 3. The summed E-state index contributed by atoms with van der Waals surface area (Å²) in [5, 5.41) is 2.18. The summed E-state index contributed by atoms with van der Waals surface area (Å²) in [4.78, 5) is 23.5. The molecule has 0 aromatic heterocycles. The van der Waals surface area contributed by atoms with Crippen LogP contribution in [-0.4, -0.2) is 11.8 Å². The summed E-state index contributed by atoms with van der Waals surface area (Å²) >= 11 is 5.80. The maximum absolute atomic E-state index is 13.2. The van der Waals surface area contributed by atoms with Crippen LogP contribution in [-0.2, 0) is 6.18 Å². The minimum atomic E-state index is -4.61. The zero-order valence-electron chi connectivity index (χ0n) is 10.8. The number of imide groups is 1. The second kappa shape index (κ2) is 4.84. The fourth-order valence-electron chi connectivity index (χ4n) is 2.43. The molecule has 0 unspecified atom stereocenters. The van der Waals surface area contributed by atoms with Gasteiger partial charge in [0.05, 0.1) is 16.7 Å². The van der Waals surface area contributed by atoms with Gasteiger partial charge in [-0.3, -0.25) is 14.9 Å². The van der Waals surface area contributed by atoms with Crippen LogP contribution in [0, 0.1) is 0 Å². The zero-order chi connectivity index (χ0) is 16.1. The molecule has 1 heterocycles. The van der Waals surface area contributed by atoms with Crippen molar-refractivity contribution in [2.75, 3.05) is 0 Å². The van der Waals surface area contributed by atoms with Crippen molar-refractivity contribution < 1.29 is 22.8 Å². The van der Waals surface area contributed by atoms with Gasteiger partial charge in [-0.1, -0.05) is 23.7 Å². The molecule has 0 radical (unpaired) electrons. The molecule has 0 spiro atoms. The molecular formula is C15H7ClF3NO2. The first kappa shape index (κ1) is 14.6. The lowest BCUT2D eigenvalue weighted by Gasteiger charge is -2.15. The third-order valence-electron chi connectivity index (χ3n) is 3.34. The SMILES string of the molecule is O=C1NC(=O)c2c1cccc2-c1cc(Cl)ccc1C(F)(F)F. The largest absolute Gasteiger partial charge is 0.417 e. The van der Waals surface area contributed by atoms with Crippen LogP contribution in [0.15, 0.2) is 36.4 Å². The predicted octanol–water partition coefficient (Wildman–Crippen LogP) is 3.91. The third-order valence-corrected chi connectivity index (χ3v) is 3.58. The second-order valence-corrected chi connectivity index (χ2v) is 5.14. The normalized spacial score (nSPS) is 14.0. The van der Waals surface area contributed by atoms with Crippen molar-refractivity contribution in [3.05, 3.63) is 58.1 Å². The van der Waals surface area contributed by atoms with Crippen LogP contribution < -0.4 is 5.32 Å². The number of hydrogen-bond acceptors (Lipinski definition) is 2. The van der Waals surface area contributed by atoms with Gasteiger partial charge in [-0.15, -0.1) is 0 Å². The number of nitrogens with one attached hydrogen (secondary N) is 1. The first-order valence-corrected chi connectivity index (χ1v) is 6.52. The molecule has 2 aromatic carbocycles. The van der Waals surface area contributed by atoms with Gasteiger partial charge in [-0.05, 0) is 35.4 Å². The van der Waals surface area contributed by atoms with Gasteiger partial charge in [-0.2, -0.15) is 13.2 Å². The molecule has 1 N–H and O–H groups in total. The number of halogens is 4. The zero-order valence-corrected chi connectivity index (χ0v) is 11.5. The van der Waals surface area contributed by atoms with E-state index in [0.717, 1.165) is 18.2 Å². The fraction of sp³-hybridized carbons (Fsp3) is 0.0667. The maximum atomic E-state index is 13.2. The highest BCUT2D eigenvalue weighted by molar-refractivity contribution is 6.31. The first-order chi connectivity index (χ1) is 10.3. The number of carbonyl (C=O) groups excluding carboxylic acids is 2. The Bertz CT molecular complexity index is 815. The van der Waals surface area contributed by atoms with Crippen molar-refractivity contribution in [1.29, 1.82) is 0 Å². The van der Waals surface area contributed by atoms with Crippen LogP contribution in [0.5, 0.6) is 0 Å². The van der Waals surface area contributed by atoms with E-state index in [9.17, 15) is 22.8 Å². The molecule has 2 amide bonds. The topological polar surface area (TPSA) is 46.2 Å². The van der Waals surface area contributed by atoms with Gasteiger partial charge in [0.25, 0.3) is 11.8 Å². The van der Waals surface area contributed by atoms with Gasteiger partial charge in [0, 0.05) is 5.02 Å². The van der Waals surface area contributed by atoms with Gasteiger partial charge in [-0.25, -0.2) is 0 Å². The molecule has 0 fully saturated rings. The van der Waals surface area contributed by atoms with E-state index >= 15 is 0 Å². The second-order valence-electron chi connectivity index (χ2n) is 4.70. The standard InChI is InChI=1S/C15H7ClF3NO2/c16-7-4-5-11(15(17,18)19)10(6-7)8-2-1-3-9-12(8)14(22)20-13(9)21/h1-6H,(H,20,21,22). The lowest BCUT2D eigenvalue weighted by atomic mass is 9.93. The third kappa shape index (κ3) is 2.25. The summed E-state index contributed by atoms with van der Waals surface area (Å²) in [6.45, 7) is 0. The van der Waals surface area contributed by atoms with Crippen molar-refractivity contribution in [3.63, 3.8) is 0 Å². The molecule has 7 heteroatoms. The molecule has 1 aliphatic rings. The molecule has 22 heavy (non-hydrogen) atoms. The van der Waals surface area contributed by atoms with Gasteiger partial charge in [0.1, 0.15) is 0 Å². The smallest absolute Gasteiger partial charge is 0.288 e. The van der Waals surface area contributed by atoms with Crippen molar-refractivity contribution in [3.8, 4) is 11.1 Å². The Labute approximate surface area is 127 Å². The monoisotopic (exact) mass is 325 g/mol. The lowest BCUT2D eigenvalue weighted by Crippen LogP contribution is -2.20. The van der Waals surface area contributed by atoms with Crippen molar-refractivity contribution in [2.45, 2.75) is 6.18 Å². The summed E-state index contributed by atoms with van der Waals surface area (Å²) in [6, 6.07) is 7.28. The minimum absolute atomic E-state index is 0.0238. The summed E-state index contributed by atoms with van der Waals surface area (Å²) in [5.41, 5.74) is -1.15. The highest BCUT2D eigenvalue weighted by Gasteiger charge is 2.36. The van der Waals surface area contributed by atoms with Crippen LogP contribution in [0.3, 0.4) is 0 Å². The van der Waals surface area contributed by atoms with Crippen molar-refractivity contribution >= 4 is 23.4 Å². The lowest BCUT2D eigenvalue weighted by molar-refractivity contribution is -0.137. The number of fused-ring (bicyclic) bond motifs is 1. The Hall–Kier alpha value is -2.34. The van der Waals surface area contributed by atoms with E-state index in [1.165, 1.54) is 18.2 Å². The summed E-state index contributed by atoms with van der Waals surface area (Å²) in [6.07, 6.45) is -4.61. The van der Waals surface area contributed by atoms with Gasteiger partial charge >= 0.3 is 6.18 Å². The molecule has 0 bridgehead atoms. The average molecular weight is 326 g/mol. The minimum Gasteiger partial charge on any atom is -0.288 e. The molecule has 2 aromatic rings. The van der Waals surface area contributed by atoms with E-state index in [0.29, 0.717) is 0 Å². The quantitative estimate of drug-likeness (QED) is 0.808. The molecule has 0 saturated carbocycles. The van der Waals surface area contributed by atoms with Crippen LogP contribution in [0.1, 0.15) is 26.3 Å². The van der Waals surface area contributed by atoms with E-state index in [1.807, 2.05) is 0 Å². The van der Waals surface area contributed by atoms with E-state index in [1.54, 1.807) is 0 Å². The highest BCUT2D eigenvalue weighted by Crippen LogP contribution is 2.40. The average Bonchev–Trinajstić information content (AvgIpc) is 2.73. The molecule has 0 aliphatic carbocycles. The van der Waals surface area contributed by atoms with E-state index in [-0.39, 0.29) is 27.3 Å². The molecular weight excluding hydrogens is 319 g/mol. The number of carbonyl (C=O) groups is 2. The molecule has 1 aliphatic heterocycles. The van der Waals surface area contributed by atoms with Gasteiger partial charge < -0.3 is 0 Å². The van der Waals surface area contributed by atoms with Gasteiger partial charge in [0.2, 0.25) is 0 Å². The Morgan fingerprint density at radius 3 is 2.27 bits per heavy atom. The Morgan fingerprint density at radius 1 is 0.909 bits per heavy atom. The van der Waals surface area contributed by atoms with Crippen LogP contribution in [0.25, 0.3) is 11.1 Å². The van der Waals surface area contributed by atoms with Crippen LogP contribution in [0.4, 0.5) is 13.2 Å². The Kier molecular flexibility index (Phi) is 3.21. The number of rotatable bonds is 1. The van der Waals surface area contributed by atoms with Crippen LogP contribution >= 0.6 is 11.6 Å². The molecule has 0 atom stereocenters. The Balaban J connectivity index is 2.33. The summed E-state index contributed by atoms with van der Waals surface area (Å²) in [5.74, 6) is -1.35. The van der Waals surface area contributed by atoms with E-state index < -0.39 is 23.6 Å². The van der Waals surface area contributed by atoms with Crippen molar-refractivity contribution in [2.24, 2.45) is 0 Å². The predicted molar refractivity (Wildman–Crippen MR) is 73.7 cm³/mol. The maximum Gasteiger partial charge on any atom is 0.417 e.